The third kappa shape index (κ3) is 24.7. The number of nitrogens with zero attached hydrogens (tertiary/aromatic N) is 7. The minimum atomic E-state index is -1.51. The fraction of sp³-hybridized carbons (Fsp3) is 0.787. The standard InChI is InChI=1S/C61H108N12O14/c1-21-22-42-58(84)67(15)32-49(75)68(16)43(27-34(2)3)56(82)66-52(39(12)13)61(87)71(19)45(29-36(6)7)54(80)64-41(23-24-48(62)74)53(79)63-40(14)57(83)72(20)47(31-38(10)11)60(86)73(26-25-51(77)78)33-50(76)69(17)46(30-37(8)9)59(85)70(18)44(28-35(4)5)55(81)65-42/h34-47,52H,21-33H2,1-20H3,(H2,62,74)(H,63,79)(H,64,80)(H,65,81)(H,66,82)(H,77,78)/t40-,41-,42+,43+,44+,45+,46+,47+,52+/m1/s1. The lowest BCUT2D eigenvalue weighted by Crippen LogP contribution is -2.61. The summed E-state index contributed by atoms with van der Waals surface area (Å²) < 4.78 is 0. The molecular weight excluding hydrogens is 1120 g/mol. The highest BCUT2D eigenvalue weighted by molar-refractivity contribution is 5.99. The summed E-state index contributed by atoms with van der Waals surface area (Å²) in [6.07, 6.45) is -0.377. The maximum Gasteiger partial charge on any atom is 0.305 e. The molecule has 1 saturated heterocycles. The maximum atomic E-state index is 14.9. The highest BCUT2D eigenvalue weighted by atomic mass is 16.4. The first kappa shape index (κ1) is 78.1. The molecule has 1 aliphatic heterocycles. The Hall–Kier alpha value is -6.89. The minimum absolute atomic E-state index is 0.00468. The Morgan fingerprint density at radius 1 is 0.471 bits per heavy atom. The summed E-state index contributed by atoms with van der Waals surface area (Å²) >= 11 is 0. The van der Waals surface area contributed by atoms with Gasteiger partial charge in [0.05, 0.1) is 19.5 Å². The second-order valence-electron chi connectivity index (χ2n) is 26.1. The van der Waals surface area contributed by atoms with Gasteiger partial charge in [0, 0.05) is 55.3 Å². The van der Waals surface area contributed by atoms with E-state index in [4.69, 9.17) is 5.73 Å². The Kier molecular flexibility index (Phi) is 32.7. The first-order chi connectivity index (χ1) is 40.2. The van der Waals surface area contributed by atoms with Gasteiger partial charge in [-0.05, 0) is 87.4 Å². The number of primary amides is 1. The van der Waals surface area contributed by atoms with Crippen LogP contribution in [0.25, 0.3) is 0 Å². The molecule has 0 saturated carbocycles. The largest absolute Gasteiger partial charge is 0.481 e. The van der Waals surface area contributed by atoms with E-state index in [-0.39, 0.29) is 74.5 Å². The van der Waals surface area contributed by atoms with Gasteiger partial charge in [-0.25, -0.2) is 0 Å². The van der Waals surface area contributed by atoms with Gasteiger partial charge in [-0.2, -0.15) is 0 Å². The number of likely N-dealkylation sites (N-methyl/N-ethyl adjacent to an activating group) is 6. The van der Waals surface area contributed by atoms with Crippen molar-refractivity contribution in [2.24, 2.45) is 41.2 Å². The van der Waals surface area contributed by atoms with E-state index in [1.54, 1.807) is 48.5 Å². The van der Waals surface area contributed by atoms with E-state index >= 15 is 0 Å². The summed E-state index contributed by atoms with van der Waals surface area (Å²) in [6, 6.07) is -11.5. The van der Waals surface area contributed by atoms with Gasteiger partial charge in [-0.15, -0.1) is 0 Å². The zero-order chi connectivity index (χ0) is 67.2. The Morgan fingerprint density at radius 2 is 0.862 bits per heavy atom. The topological polar surface area (TPSA) is 339 Å². The quantitative estimate of drug-likeness (QED) is 0.108. The van der Waals surface area contributed by atoms with E-state index in [1.165, 1.54) is 59.0 Å². The number of rotatable bonds is 19. The lowest BCUT2D eigenvalue weighted by Gasteiger charge is -2.38. The molecule has 9 atom stereocenters. The average molecular weight is 1230 g/mol. The Labute approximate surface area is 516 Å². The number of carbonyl (C=O) groups is 13. The number of amides is 12. The van der Waals surface area contributed by atoms with Gasteiger partial charge in [0.25, 0.3) is 0 Å². The van der Waals surface area contributed by atoms with Crippen molar-refractivity contribution in [1.82, 2.24) is 55.6 Å². The molecule has 12 amide bonds. The van der Waals surface area contributed by atoms with E-state index in [0.717, 1.165) is 24.5 Å². The summed E-state index contributed by atoms with van der Waals surface area (Å²) in [6.45, 7) is 23.0. The smallest absolute Gasteiger partial charge is 0.305 e. The number of nitrogens with one attached hydrogen (secondary N) is 4. The van der Waals surface area contributed by atoms with Crippen molar-refractivity contribution in [1.29, 1.82) is 0 Å². The van der Waals surface area contributed by atoms with Crippen molar-refractivity contribution in [3.8, 4) is 0 Å². The van der Waals surface area contributed by atoms with Gasteiger partial charge in [0.15, 0.2) is 0 Å². The first-order valence-electron chi connectivity index (χ1n) is 30.8. The molecule has 0 aromatic heterocycles. The zero-order valence-electron chi connectivity index (χ0n) is 55.8. The maximum absolute atomic E-state index is 14.9. The molecule has 7 N–H and O–H groups in total. The van der Waals surface area contributed by atoms with Crippen LogP contribution in [-0.2, 0) is 62.3 Å². The SMILES string of the molecule is CCC[C@@H]1NC(=O)[C@H](CC(C)C)N(C)C(=O)[C@H](CC(C)C)N(C)C(=O)CN(CCC(=O)O)C(=O)[C@H](CC(C)C)N(C)C(=O)[C@@H](C)NC(=O)[C@@H](CCC(N)=O)NC(=O)[C@H](CC(C)C)N(C)C(=O)[C@H](C(C)C)NC(=O)[C@H](CC(C)C)N(C)C(=O)CN(C)C1=O. The van der Waals surface area contributed by atoms with Crippen LogP contribution in [0.5, 0.6) is 0 Å². The van der Waals surface area contributed by atoms with Crippen molar-refractivity contribution < 1.29 is 67.4 Å². The fourth-order valence-electron chi connectivity index (χ4n) is 10.4. The molecule has 1 heterocycles. The molecule has 0 unspecified atom stereocenters. The van der Waals surface area contributed by atoms with Crippen LogP contribution in [0.3, 0.4) is 0 Å². The van der Waals surface area contributed by atoms with Gasteiger partial charge >= 0.3 is 5.97 Å². The monoisotopic (exact) mass is 1230 g/mol. The van der Waals surface area contributed by atoms with Crippen LogP contribution >= 0.6 is 0 Å². The van der Waals surface area contributed by atoms with Gasteiger partial charge in [-0.1, -0.05) is 96.4 Å². The number of hydrogen-bond acceptors (Lipinski definition) is 13. The number of carbonyl (C=O) groups excluding carboxylic acids is 12. The first-order valence-corrected chi connectivity index (χ1v) is 30.8. The van der Waals surface area contributed by atoms with E-state index in [9.17, 15) is 67.4 Å². The van der Waals surface area contributed by atoms with Crippen LogP contribution in [0, 0.1) is 35.5 Å². The van der Waals surface area contributed by atoms with E-state index in [2.05, 4.69) is 21.3 Å². The highest BCUT2D eigenvalue weighted by Gasteiger charge is 2.42. The molecule has 0 aromatic rings. The summed E-state index contributed by atoms with van der Waals surface area (Å²) in [5.41, 5.74) is 5.52. The lowest BCUT2D eigenvalue weighted by molar-refractivity contribution is -0.153. The average Bonchev–Trinajstić information content (AvgIpc) is 3.63. The zero-order valence-corrected chi connectivity index (χ0v) is 55.8. The van der Waals surface area contributed by atoms with Crippen LogP contribution in [0.1, 0.15) is 161 Å². The molecule has 1 aliphatic rings. The molecule has 1 rings (SSSR count). The molecule has 0 radical (unpaired) electrons. The second-order valence-corrected chi connectivity index (χ2v) is 26.1. The fourth-order valence-corrected chi connectivity index (χ4v) is 10.4. The summed E-state index contributed by atoms with van der Waals surface area (Å²) in [7, 11) is 8.27. The van der Waals surface area contributed by atoms with Crippen LogP contribution in [0.4, 0.5) is 0 Å². The number of aliphatic carboxylic acids is 1. The predicted octanol–water partition coefficient (Wildman–Crippen LogP) is 1.81. The molecule has 496 valence electrons. The lowest BCUT2D eigenvalue weighted by atomic mass is 9.96. The Bertz CT molecular complexity index is 2400. The molecule has 0 aromatic carbocycles. The Balaban J connectivity index is 4.35. The van der Waals surface area contributed by atoms with Gasteiger partial charge in [0.1, 0.15) is 54.4 Å². The van der Waals surface area contributed by atoms with Crippen molar-refractivity contribution in [3.63, 3.8) is 0 Å². The van der Waals surface area contributed by atoms with E-state index in [0.29, 0.717) is 6.42 Å². The van der Waals surface area contributed by atoms with E-state index < -0.39 is 170 Å². The van der Waals surface area contributed by atoms with Crippen LogP contribution in [0.2, 0.25) is 0 Å². The van der Waals surface area contributed by atoms with Crippen LogP contribution in [0.15, 0.2) is 0 Å². The van der Waals surface area contributed by atoms with Crippen molar-refractivity contribution in [2.45, 2.75) is 216 Å². The summed E-state index contributed by atoms with van der Waals surface area (Å²) in [5.74, 6) is -11.8. The molecule has 0 spiro atoms. The molecule has 0 aliphatic carbocycles. The van der Waals surface area contributed by atoms with Crippen LogP contribution < -0.4 is 27.0 Å². The van der Waals surface area contributed by atoms with Crippen LogP contribution in [-0.4, -0.2) is 233 Å². The Morgan fingerprint density at radius 3 is 1.30 bits per heavy atom. The summed E-state index contributed by atoms with van der Waals surface area (Å²) in [4.78, 5) is 192. The van der Waals surface area contributed by atoms with Gasteiger partial charge in [-0.3, -0.25) is 62.3 Å². The molecule has 26 heteroatoms. The summed E-state index contributed by atoms with van der Waals surface area (Å²) in [5, 5.41) is 20.8. The molecule has 1 fully saturated rings. The highest BCUT2D eigenvalue weighted by Crippen LogP contribution is 2.23. The third-order valence-electron chi connectivity index (χ3n) is 15.6. The molecule has 26 nitrogen and oxygen atoms in total. The minimum Gasteiger partial charge on any atom is -0.481 e. The van der Waals surface area contributed by atoms with E-state index in [1.807, 2.05) is 41.5 Å². The third-order valence-corrected chi connectivity index (χ3v) is 15.6. The predicted molar refractivity (Wildman–Crippen MR) is 328 cm³/mol. The molecular formula is C61H108N12O14. The van der Waals surface area contributed by atoms with Gasteiger partial charge < -0.3 is 66.4 Å². The number of nitrogens with two attached hydrogens (primary N) is 1. The number of hydrogen-bond donors (Lipinski definition) is 6. The molecule has 0 bridgehead atoms. The number of carboxylic acids is 1. The number of carboxylic acid groups (broad SMARTS) is 1. The normalized spacial score (nSPS) is 24.7. The van der Waals surface area contributed by atoms with Crippen molar-refractivity contribution in [2.75, 3.05) is 61.9 Å². The van der Waals surface area contributed by atoms with Crippen molar-refractivity contribution in [3.05, 3.63) is 0 Å². The molecule has 87 heavy (non-hydrogen) atoms. The van der Waals surface area contributed by atoms with Crippen molar-refractivity contribution >= 4 is 76.9 Å². The van der Waals surface area contributed by atoms with Gasteiger partial charge in [0.2, 0.25) is 70.9 Å². The second kappa shape index (κ2) is 36.4.